The summed E-state index contributed by atoms with van der Waals surface area (Å²) in [4.78, 5) is 17.4. The van der Waals surface area contributed by atoms with Gasteiger partial charge >= 0.3 is 5.69 Å². The lowest BCUT2D eigenvalue weighted by Gasteiger charge is -1.88. The van der Waals surface area contributed by atoms with Gasteiger partial charge in [0.25, 0.3) is 0 Å². The number of nitrogens with zero attached hydrogens (tertiary/aromatic N) is 3. The molecular weight excluding hydrogens is 144 g/mol. The van der Waals surface area contributed by atoms with E-state index >= 15 is 0 Å². The Morgan fingerprint density at radius 1 is 1.64 bits per heavy atom. The summed E-state index contributed by atoms with van der Waals surface area (Å²) >= 11 is 0. The van der Waals surface area contributed by atoms with E-state index in [0.717, 1.165) is 5.56 Å². The van der Waals surface area contributed by atoms with Crippen molar-refractivity contribution in [3.63, 3.8) is 0 Å². The van der Waals surface area contributed by atoms with Gasteiger partial charge in [0.05, 0.1) is 12.5 Å². The highest BCUT2D eigenvalue weighted by Crippen LogP contribution is 1.99. The van der Waals surface area contributed by atoms with Crippen molar-refractivity contribution in [3.8, 4) is 0 Å². The highest BCUT2D eigenvalue weighted by Gasteiger charge is 2.00. The van der Waals surface area contributed by atoms with E-state index in [1.165, 1.54) is 10.8 Å². The number of nitrogens with one attached hydrogen (secondary N) is 1. The average molecular weight is 150 g/mol. The summed E-state index contributed by atoms with van der Waals surface area (Å²) in [6.45, 7) is 1.86. The Kier molecular flexibility index (Phi) is 1.06. The number of H-pyrrole nitrogens is 1. The van der Waals surface area contributed by atoms with Crippen molar-refractivity contribution in [3.05, 3.63) is 28.6 Å². The Hall–Kier alpha value is -1.65. The van der Waals surface area contributed by atoms with Gasteiger partial charge in [0.15, 0.2) is 5.65 Å². The predicted molar refractivity (Wildman–Crippen MR) is 38.3 cm³/mol. The molecule has 5 heteroatoms. The molecule has 11 heavy (non-hydrogen) atoms. The summed E-state index contributed by atoms with van der Waals surface area (Å²) in [5.74, 6) is 0. The summed E-state index contributed by atoms with van der Waals surface area (Å²) in [7, 11) is 0. The molecule has 0 atom stereocenters. The van der Waals surface area contributed by atoms with Gasteiger partial charge in [-0.15, -0.1) is 0 Å². The van der Waals surface area contributed by atoms with Gasteiger partial charge in [-0.2, -0.15) is 9.61 Å². The van der Waals surface area contributed by atoms with Gasteiger partial charge < -0.3 is 0 Å². The summed E-state index contributed by atoms with van der Waals surface area (Å²) in [5.41, 5.74) is 1.24. The number of fused-ring (bicyclic) bond motifs is 1. The molecule has 0 aliphatic rings. The first-order chi connectivity index (χ1) is 5.29. The standard InChI is InChI=1S/C6H6N4O/c1-4-2-9-10-5(4)7-3-8-6(10)11/h2-3H,1H3,(H,7,8,11). The van der Waals surface area contributed by atoms with Crippen LogP contribution in [0, 0.1) is 6.92 Å². The van der Waals surface area contributed by atoms with Crippen LogP contribution in [0.5, 0.6) is 0 Å². The van der Waals surface area contributed by atoms with Gasteiger partial charge in [-0.05, 0) is 6.92 Å². The topological polar surface area (TPSA) is 63.1 Å². The van der Waals surface area contributed by atoms with Gasteiger partial charge in [0.2, 0.25) is 0 Å². The Morgan fingerprint density at radius 2 is 2.45 bits per heavy atom. The molecule has 0 aliphatic carbocycles. The van der Waals surface area contributed by atoms with Gasteiger partial charge in [-0.1, -0.05) is 0 Å². The Balaban J connectivity index is 3.06. The van der Waals surface area contributed by atoms with E-state index in [-0.39, 0.29) is 5.69 Å². The maximum Gasteiger partial charge on any atom is 0.349 e. The summed E-state index contributed by atoms with van der Waals surface area (Å²) in [6.07, 6.45) is 2.98. The smallest absolute Gasteiger partial charge is 0.296 e. The van der Waals surface area contributed by atoms with Crippen LogP contribution < -0.4 is 5.69 Å². The first kappa shape index (κ1) is 6.09. The van der Waals surface area contributed by atoms with Crippen LogP contribution in [0.25, 0.3) is 5.65 Å². The largest absolute Gasteiger partial charge is 0.349 e. The maximum absolute atomic E-state index is 11.0. The monoisotopic (exact) mass is 150 g/mol. The molecule has 2 aromatic rings. The van der Waals surface area contributed by atoms with Crippen molar-refractivity contribution in [2.75, 3.05) is 0 Å². The summed E-state index contributed by atoms with van der Waals surface area (Å²) in [5, 5.41) is 3.83. The third-order valence-electron chi connectivity index (χ3n) is 1.49. The molecule has 0 amide bonds. The van der Waals surface area contributed by atoms with Gasteiger partial charge in [0, 0.05) is 5.56 Å². The van der Waals surface area contributed by atoms with Crippen LogP contribution in [0.2, 0.25) is 0 Å². The lowest BCUT2D eigenvalue weighted by molar-refractivity contribution is 0.840. The average Bonchev–Trinajstić information content (AvgIpc) is 2.35. The van der Waals surface area contributed by atoms with E-state index in [2.05, 4.69) is 15.1 Å². The molecule has 0 saturated heterocycles. The molecule has 0 radical (unpaired) electrons. The van der Waals surface area contributed by atoms with Crippen molar-refractivity contribution < 1.29 is 0 Å². The molecule has 0 saturated carbocycles. The zero-order valence-electron chi connectivity index (χ0n) is 5.90. The maximum atomic E-state index is 11.0. The first-order valence-electron chi connectivity index (χ1n) is 3.17. The number of aromatic amines is 1. The number of aryl methyl sites for hydroxylation is 1. The SMILES string of the molecule is Cc1cnn2c(=O)[nH]cnc12. The van der Waals surface area contributed by atoms with Crippen LogP contribution in [-0.4, -0.2) is 19.6 Å². The lowest BCUT2D eigenvalue weighted by atomic mass is 10.4. The number of rotatable bonds is 0. The van der Waals surface area contributed by atoms with Gasteiger partial charge in [0.1, 0.15) is 0 Å². The molecule has 0 spiro atoms. The van der Waals surface area contributed by atoms with Crippen LogP contribution in [0.1, 0.15) is 5.56 Å². The van der Waals surface area contributed by atoms with Crippen molar-refractivity contribution in [1.29, 1.82) is 0 Å². The molecule has 0 bridgehead atoms. The Morgan fingerprint density at radius 3 is 3.18 bits per heavy atom. The number of hydrogen-bond donors (Lipinski definition) is 1. The van der Waals surface area contributed by atoms with Crippen LogP contribution in [0.15, 0.2) is 17.3 Å². The fourth-order valence-corrected chi connectivity index (χ4v) is 0.939. The zero-order chi connectivity index (χ0) is 7.84. The number of hydrogen-bond acceptors (Lipinski definition) is 3. The van der Waals surface area contributed by atoms with Crippen molar-refractivity contribution in [2.24, 2.45) is 0 Å². The minimum atomic E-state index is -0.261. The highest BCUT2D eigenvalue weighted by molar-refractivity contribution is 5.43. The van der Waals surface area contributed by atoms with Crippen molar-refractivity contribution in [2.45, 2.75) is 6.92 Å². The Bertz CT molecular complexity index is 441. The molecule has 56 valence electrons. The minimum Gasteiger partial charge on any atom is -0.296 e. The fourth-order valence-electron chi connectivity index (χ4n) is 0.939. The molecule has 2 heterocycles. The van der Waals surface area contributed by atoms with Gasteiger partial charge in [-0.25, -0.2) is 9.78 Å². The lowest BCUT2D eigenvalue weighted by Crippen LogP contribution is -2.17. The van der Waals surface area contributed by atoms with Crippen molar-refractivity contribution >= 4 is 5.65 Å². The van der Waals surface area contributed by atoms with Crippen LogP contribution in [0.4, 0.5) is 0 Å². The summed E-state index contributed by atoms with van der Waals surface area (Å²) < 4.78 is 1.23. The van der Waals surface area contributed by atoms with E-state index in [4.69, 9.17) is 0 Å². The van der Waals surface area contributed by atoms with E-state index in [1.807, 2.05) is 6.92 Å². The zero-order valence-corrected chi connectivity index (χ0v) is 5.90. The first-order valence-corrected chi connectivity index (χ1v) is 3.17. The minimum absolute atomic E-state index is 0.261. The van der Waals surface area contributed by atoms with Crippen LogP contribution in [-0.2, 0) is 0 Å². The normalized spacial score (nSPS) is 10.6. The van der Waals surface area contributed by atoms with E-state index in [1.54, 1.807) is 6.20 Å². The second-order valence-electron chi connectivity index (χ2n) is 2.27. The van der Waals surface area contributed by atoms with E-state index in [0.29, 0.717) is 5.65 Å². The molecule has 0 unspecified atom stereocenters. The van der Waals surface area contributed by atoms with Crippen LogP contribution in [0.3, 0.4) is 0 Å². The van der Waals surface area contributed by atoms with E-state index in [9.17, 15) is 4.79 Å². The number of aromatic nitrogens is 4. The third-order valence-corrected chi connectivity index (χ3v) is 1.49. The molecule has 0 fully saturated rings. The van der Waals surface area contributed by atoms with Crippen molar-refractivity contribution in [1.82, 2.24) is 19.6 Å². The predicted octanol–water partition coefficient (Wildman–Crippen LogP) is -0.274. The molecule has 0 aliphatic heterocycles. The second kappa shape index (κ2) is 1.91. The molecule has 1 N–H and O–H groups in total. The molecular formula is C6H6N4O. The van der Waals surface area contributed by atoms with E-state index < -0.39 is 0 Å². The van der Waals surface area contributed by atoms with Gasteiger partial charge in [-0.3, -0.25) is 4.98 Å². The molecule has 0 aromatic carbocycles. The second-order valence-corrected chi connectivity index (χ2v) is 2.27. The summed E-state index contributed by atoms with van der Waals surface area (Å²) in [6, 6.07) is 0. The molecule has 2 aromatic heterocycles. The quantitative estimate of drug-likeness (QED) is 0.562. The molecule has 2 rings (SSSR count). The highest BCUT2D eigenvalue weighted by atomic mass is 16.1. The Labute approximate surface area is 61.7 Å². The third kappa shape index (κ3) is 0.739. The molecule has 5 nitrogen and oxygen atoms in total. The van der Waals surface area contributed by atoms with Crippen LogP contribution >= 0.6 is 0 Å². The fraction of sp³-hybridized carbons (Fsp3) is 0.167.